The van der Waals surface area contributed by atoms with Crippen molar-refractivity contribution in [1.82, 2.24) is 4.98 Å². The molecule has 3 aromatic rings. The Morgan fingerprint density at radius 3 is 2.81 bits per heavy atom. The highest BCUT2D eigenvalue weighted by Crippen LogP contribution is 2.39. The van der Waals surface area contributed by atoms with Crippen LogP contribution >= 0.6 is 22.7 Å². The number of benzene rings is 1. The molecule has 27 heavy (non-hydrogen) atoms. The quantitative estimate of drug-likeness (QED) is 0.506. The van der Waals surface area contributed by atoms with E-state index in [1.807, 2.05) is 0 Å². The molecule has 0 amide bonds. The van der Waals surface area contributed by atoms with Gasteiger partial charge < -0.3 is 5.73 Å². The van der Waals surface area contributed by atoms with E-state index in [0.717, 1.165) is 35.7 Å². The van der Waals surface area contributed by atoms with Gasteiger partial charge in [0.15, 0.2) is 0 Å². The fraction of sp³-hybridized carbons (Fsp3) is 0.348. The summed E-state index contributed by atoms with van der Waals surface area (Å²) in [6.45, 7) is 5.14. The summed E-state index contributed by atoms with van der Waals surface area (Å²) in [7, 11) is 0. The topological polar surface area (TPSA) is 38.9 Å². The van der Waals surface area contributed by atoms with E-state index in [9.17, 15) is 0 Å². The van der Waals surface area contributed by atoms with Gasteiger partial charge in [0, 0.05) is 5.38 Å². The predicted octanol–water partition coefficient (Wildman–Crippen LogP) is 6.36. The van der Waals surface area contributed by atoms with Crippen molar-refractivity contribution >= 4 is 28.2 Å². The zero-order chi connectivity index (χ0) is 18.6. The Morgan fingerprint density at radius 2 is 2.04 bits per heavy atom. The SMILES string of the molecule is C=C(CCc1ccccc1C1CC[C@H](CN)C1)c1csc(-c2cccs2)n1. The molecular formula is C23H26N2S2. The highest BCUT2D eigenvalue weighted by molar-refractivity contribution is 7.20. The van der Waals surface area contributed by atoms with Crippen LogP contribution in [-0.2, 0) is 6.42 Å². The number of thiazole rings is 1. The van der Waals surface area contributed by atoms with Crippen LogP contribution in [0.5, 0.6) is 0 Å². The number of nitrogens with two attached hydrogens (primary N) is 1. The van der Waals surface area contributed by atoms with Crippen LogP contribution in [0.25, 0.3) is 15.5 Å². The first-order valence-electron chi connectivity index (χ1n) is 9.70. The molecule has 2 atom stereocenters. The molecule has 2 N–H and O–H groups in total. The minimum absolute atomic E-state index is 0.674. The van der Waals surface area contributed by atoms with Crippen LogP contribution in [0, 0.1) is 5.92 Å². The maximum atomic E-state index is 5.90. The maximum absolute atomic E-state index is 5.90. The average molecular weight is 395 g/mol. The highest BCUT2D eigenvalue weighted by atomic mass is 32.1. The van der Waals surface area contributed by atoms with Crippen LogP contribution in [-0.4, -0.2) is 11.5 Å². The van der Waals surface area contributed by atoms with Gasteiger partial charge >= 0.3 is 0 Å². The average Bonchev–Trinajstić information content (AvgIpc) is 3.47. The molecule has 140 valence electrons. The van der Waals surface area contributed by atoms with Crippen molar-refractivity contribution < 1.29 is 0 Å². The lowest BCUT2D eigenvalue weighted by atomic mass is 9.89. The molecule has 4 rings (SSSR count). The monoisotopic (exact) mass is 394 g/mol. The maximum Gasteiger partial charge on any atom is 0.134 e. The predicted molar refractivity (Wildman–Crippen MR) is 118 cm³/mol. The van der Waals surface area contributed by atoms with Crippen molar-refractivity contribution in [2.75, 3.05) is 6.54 Å². The largest absolute Gasteiger partial charge is 0.330 e. The molecular weight excluding hydrogens is 368 g/mol. The van der Waals surface area contributed by atoms with Crippen LogP contribution < -0.4 is 5.73 Å². The number of aryl methyl sites for hydroxylation is 1. The second-order valence-electron chi connectivity index (χ2n) is 7.43. The van der Waals surface area contributed by atoms with E-state index in [0.29, 0.717) is 11.8 Å². The number of allylic oxidation sites excluding steroid dienone is 1. The van der Waals surface area contributed by atoms with Gasteiger partial charge in [-0.25, -0.2) is 4.98 Å². The van der Waals surface area contributed by atoms with Crippen molar-refractivity contribution in [3.8, 4) is 9.88 Å². The van der Waals surface area contributed by atoms with E-state index < -0.39 is 0 Å². The third kappa shape index (κ3) is 4.23. The van der Waals surface area contributed by atoms with Crippen molar-refractivity contribution in [2.45, 2.75) is 38.0 Å². The van der Waals surface area contributed by atoms with Crippen molar-refractivity contribution in [3.05, 3.63) is 70.6 Å². The Morgan fingerprint density at radius 1 is 1.15 bits per heavy atom. The van der Waals surface area contributed by atoms with Crippen molar-refractivity contribution in [3.63, 3.8) is 0 Å². The summed E-state index contributed by atoms with van der Waals surface area (Å²) in [6, 6.07) is 13.1. The summed E-state index contributed by atoms with van der Waals surface area (Å²) in [5.41, 5.74) is 11.1. The Bertz CT molecular complexity index is 895. The molecule has 0 bridgehead atoms. The molecule has 0 radical (unpaired) electrons. The second kappa shape index (κ2) is 8.51. The summed E-state index contributed by atoms with van der Waals surface area (Å²) < 4.78 is 0. The number of rotatable bonds is 7. The Hall–Kier alpha value is -1.75. The first-order chi connectivity index (χ1) is 13.2. The minimum atomic E-state index is 0.674. The lowest BCUT2D eigenvalue weighted by Crippen LogP contribution is -2.10. The van der Waals surface area contributed by atoms with E-state index in [1.54, 1.807) is 22.7 Å². The van der Waals surface area contributed by atoms with E-state index in [2.05, 4.69) is 53.7 Å². The summed E-state index contributed by atoms with van der Waals surface area (Å²) >= 11 is 3.45. The van der Waals surface area contributed by atoms with Gasteiger partial charge in [0.05, 0.1) is 10.6 Å². The number of hydrogen-bond donors (Lipinski definition) is 1. The number of nitrogens with zero attached hydrogens (tertiary/aromatic N) is 1. The summed E-state index contributed by atoms with van der Waals surface area (Å²) in [6.07, 6.45) is 5.77. The zero-order valence-electron chi connectivity index (χ0n) is 15.6. The standard InChI is InChI=1S/C23H26N2S2/c1-16(21-15-27-23(25-21)22-7-4-12-26-22)8-10-18-5-2-3-6-20(18)19-11-9-17(13-19)14-24/h2-7,12,15,17,19H,1,8-11,13-14,24H2/t17-,19?/m0/s1. The molecule has 0 spiro atoms. The third-order valence-corrected chi connectivity index (χ3v) is 7.55. The van der Waals surface area contributed by atoms with Gasteiger partial charge in [0.2, 0.25) is 0 Å². The molecule has 1 aromatic carbocycles. The molecule has 0 aliphatic heterocycles. The Labute approximate surface area is 169 Å². The molecule has 1 unspecified atom stereocenters. The van der Waals surface area contributed by atoms with Crippen LogP contribution in [0.4, 0.5) is 0 Å². The number of hydrogen-bond acceptors (Lipinski definition) is 4. The van der Waals surface area contributed by atoms with E-state index in [-0.39, 0.29) is 0 Å². The van der Waals surface area contributed by atoms with Gasteiger partial charge in [-0.15, -0.1) is 22.7 Å². The van der Waals surface area contributed by atoms with E-state index in [1.165, 1.54) is 35.3 Å². The lowest BCUT2D eigenvalue weighted by Gasteiger charge is -2.16. The lowest BCUT2D eigenvalue weighted by molar-refractivity contribution is 0.550. The van der Waals surface area contributed by atoms with Crippen LogP contribution in [0.15, 0.2) is 53.7 Å². The normalized spacial score (nSPS) is 19.4. The number of aromatic nitrogens is 1. The highest BCUT2D eigenvalue weighted by Gasteiger charge is 2.26. The first-order valence-corrected chi connectivity index (χ1v) is 11.5. The molecule has 1 fully saturated rings. The fourth-order valence-electron chi connectivity index (χ4n) is 4.09. The Kier molecular flexibility index (Phi) is 5.86. The van der Waals surface area contributed by atoms with Crippen molar-refractivity contribution in [2.24, 2.45) is 11.7 Å². The first kappa shape index (κ1) is 18.6. The summed E-state index contributed by atoms with van der Waals surface area (Å²) in [5, 5.41) is 5.34. The summed E-state index contributed by atoms with van der Waals surface area (Å²) in [4.78, 5) is 6.04. The molecule has 4 heteroatoms. The molecule has 1 saturated carbocycles. The fourth-order valence-corrected chi connectivity index (χ4v) is 5.77. The molecule has 2 nitrogen and oxygen atoms in total. The van der Waals surface area contributed by atoms with Crippen molar-refractivity contribution in [1.29, 1.82) is 0 Å². The van der Waals surface area contributed by atoms with E-state index >= 15 is 0 Å². The van der Waals surface area contributed by atoms with Gasteiger partial charge in [-0.2, -0.15) is 0 Å². The third-order valence-electron chi connectivity index (χ3n) is 5.66. The van der Waals surface area contributed by atoms with Gasteiger partial charge in [0.25, 0.3) is 0 Å². The van der Waals surface area contributed by atoms with Gasteiger partial charge in [-0.1, -0.05) is 36.9 Å². The minimum Gasteiger partial charge on any atom is -0.330 e. The van der Waals surface area contributed by atoms with Gasteiger partial charge in [-0.05, 0) is 78.6 Å². The van der Waals surface area contributed by atoms with Gasteiger partial charge in [0.1, 0.15) is 5.01 Å². The Balaban J connectivity index is 1.42. The molecule has 0 saturated heterocycles. The van der Waals surface area contributed by atoms with Crippen LogP contribution in [0.3, 0.4) is 0 Å². The zero-order valence-corrected chi connectivity index (χ0v) is 17.2. The summed E-state index contributed by atoms with van der Waals surface area (Å²) in [5.74, 6) is 1.37. The number of thiophene rings is 1. The van der Waals surface area contributed by atoms with E-state index in [4.69, 9.17) is 10.7 Å². The molecule has 1 aliphatic rings. The molecule has 2 heterocycles. The van der Waals surface area contributed by atoms with Gasteiger partial charge in [-0.3, -0.25) is 0 Å². The second-order valence-corrected chi connectivity index (χ2v) is 9.24. The molecule has 2 aromatic heterocycles. The van der Waals surface area contributed by atoms with Crippen LogP contribution in [0.2, 0.25) is 0 Å². The smallest absolute Gasteiger partial charge is 0.134 e. The van der Waals surface area contributed by atoms with Crippen LogP contribution in [0.1, 0.15) is 48.4 Å². The molecule has 1 aliphatic carbocycles.